The summed E-state index contributed by atoms with van der Waals surface area (Å²) in [5, 5.41) is 11.0. The van der Waals surface area contributed by atoms with Crippen molar-refractivity contribution in [2.75, 3.05) is 0 Å². The fourth-order valence-corrected chi connectivity index (χ4v) is 7.17. The number of hydrogen-bond acceptors (Lipinski definition) is 1. The Kier molecular flexibility index (Phi) is 3.94. The summed E-state index contributed by atoms with van der Waals surface area (Å²) >= 11 is 8.23. The molecule has 2 heterocycles. The van der Waals surface area contributed by atoms with Gasteiger partial charge in [0.1, 0.15) is 0 Å². The van der Waals surface area contributed by atoms with E-state index in [4.69, 9.17) is 11.6 Å². The van der Waals surface area contributed by atoms with Crippen molar-refractivity contribution in [3.8, 4) is 5.69 Å². The van der Waals surface area contributed by atoms with Crippen LogP contribution in [0.5, 0.6) is 0 Å². The van der Waals surface area contributed by atoms with E-state index in [0.717, 1.165) is 5.02 Å². The molecule has 0 saturated carbocycles. The highest BCUT2D eigenvalue weighted by Gasteiger charge is 2.20. The average Bonchev–Trinajstić information content (AvgIpc) is 3.45. The second-order valence-electron chi connectivity index (χ2n) is 9.06. The first-order chi connectivity index (χ1) is 17.3. The predicted molar refractivity (Wildman–Crippen MR) is 154 cm³/mol. The second-order valence-corrected chi connectivity index (χ2v) is 10.6. The summed E-state index contributed by atoms with van der Waals surface area (Å²) in [6.07, 6.45) is 0. The lowest BCUT2D eigenvalue weighted by atomic mass is 9.97. The van der Waals surface area contributed by atoms with Gasteiger partial charge in [-0.05, 0) is 46.5 Å². The molecular weight excluding hydrogens is 466 g/mol. The molecule has 0 aliphatic heterocycles. The molecule has 8 rings (SSSR count). The quantitative estimate of drug-likeness (QED) is 0.205. The highest BCUT2D eigenvalue weighted by atomic mass is 35.5. The van der Waals surface area contributed by atoms with Crippen molar-refractivity contribution in [1.82, 2.24) is 4.57 Å². The largest absolute Gasteiger partial charge is 0.307 e. The van der Waals surface area contributed by atoms with Gasteiger partial charge in [0.2, 0.25) is 0 Å². The number of para-hydroxylation sites is 1. The van der Waals surface area contributed by atoms with E-state index in [1.807, 2.05) is 17.4 Å². The van der Waals surface area contributed by atoms with E-state index in [9.17, 15) is 0 Å². The first kappa shape index (κ1) is 19.5. The highest BCUT2D eigenvalue weighted by molar-refractivity contribution is 7.26. The van der Waals surface area contributed by atoms with Crippen molar-refractivity contribution < 1.29 is 0 Å². The third-order valence-corrected chi connectivity index (χ3v) is 8.67. The van der Waals surface area contributed by atoms with Crippen molar-refractivity contribution in [2.45, 2.75) is 0 Å². The topological polar surface area (TPSA) is 4.93 Å². The summed E-state index contributed by atoms with van der Waals surface area (Å²) in [5.74, 6) is 0. The molecule has 1 nitrogen and oxygen atoms in total. The summed E-state index contributed by atoms with van der Waals surface area (Å²) < 4.78 is 5.02. The van der Waals surface area contributed by atoms with Crippen LogP contribution in [0.4, 0.5) is 0 Å². The van der Waals surface area contributed by atoms with Gasteiger partial charge < -0.3 is 4.57 Å². The van der Waals surface area contributed by atoms with Crippen LogP contribution in [-0.2, 0) is 0 Å². The lowest BCUT2D eigenvalue weighted by Gasteiger charge is -2.13. The van der Waals surface area contributed by atoms with Gasteiger partial charge in [0.15, 0.2) is 0 Å². The minimum absolute atomic E-state index is 0.775. The van der Waals surface area contributed by atoms with Crippen molar-refractivity contribution in [3.05, 3.63) is 114 Å². The molecule has 0 fully saturated rings. The van der Waals surface area contributed by atoms with Gasteiger partial charge in [0, 0.05) is 36.7 Å². The van der Waals surface area contributed by atoms with Gasteiger partial charge in [-0.15, -0.1) is 11.3 Å². The summed E-state index contributed by atoms with van der Waals surface area (Å²) in [6.45, 7) is 0. The first-order valence-electron chi connectivity index (χ1n) is 11.7. The number of halogens is 1. The van der Waals surface area contributed by atoms with Crippen molar-refractivity contribution >= 4 is 86.5 Å². The fourth-order valence-electron chi connectivity index (χ4n) is 5.81. The Morgan fingerprint density at radius 1 is 0.543 bits per heavy atom. The lowest BCUT2D eigenvalue weighted by molar-refractivity contribution is 1.21. The Labute approximate surface area is 210 Å². The molecular formula is C32H18ClNS. The van der Waals surface area contributed by atoms with Gasteiger partial charge in [-0.25, -0.2) is 0 Å². The maximum atomic E-state index is 6.39. The normalized spacial score (nSPS) is 12.1. The second kappa shape index (κ2) is 7.08. The van der Waals surface area contributed by atoms with Crippen molar-refractivity contribution in [3.63, 3.8) is 0 Å². The van der Waals surface area contributed by atoms with E-state index in [2.05, 4.69) is 108 Å². The van der Waals surface area contributed by atoms with Crippen LogP contribution < -0.4 is 0 Å². The zero-order valence-electron chi connectivity index (χ0n) is 18.6. The summed E-state index contributed by atoms with van der Waals surface area (Å²) in [5.41, 5.74) is 3.71. The Balaban J connectivity index is 1.67. The molecule has 0 saturated heterocycles. The summed E-state index contributed by atoms with van der Waals surface area (Å²) in [4.78, 5) is 0. The standard InChI is InChI=1S/C32H18ClNS/c33-19-16-17-29-26(18-19)24-13-7-15-28(32(24)35-29)34-27-14-6-5-12-25(27)30-22-10-3-1-8-20(22)21-9-2-4-11-23(21)31(30)34/h1-18H. The molecule has 0 aliphatic rings. The molecule has 0 unspecified atom stereocenters. The molecule has 3 heteroatoms. The predicted octanol–water partition coefficient (Wildman–Crippen LogP) is 10.1. The van der Waals surface area contributed by atoms with Crippen LogP contribution in [0, 0.1) is 0 Å². The van der Waals surface area contributed by atoms with E-state index >= 15 is 0 Å². The number of nitrogens with zero attached hydrogens (tertiary/aromatic N) is 1. The van der Waals surface area contributed by atoms with Crippen LogP contribution in [0.15, 0.2) is 109 Å². The molecule has 0 radical (unpaired) electrons. The number of fused-ring (bicyclic) bond motifs is 11. The lowest BCUT2D eigenvalue weighted by Crippen LogP contribution is -1.95. The Bertz CT molecular complexity index is 2130. The summed E-state index contributed by atoms with van der Waals surface area (Å²) in [6, 6.07) is 39.3. The molecule has 0 amide bonds. The van der Waals surface area contributed by atoms with E-state index < -0.39 is 0 Å². The molecule has 0 N–H and O–H groups in total. The highest BCUT2D eigenvalue weighted by Crippen LogP contribution is 2.45. The van der Waals surface area contributed by atoms with Gasteiger partial charge in [-0.2, -0.15) is 0 Å². The number of thiophene rings is 1. The van der Waals surface area contributed by atoms with Gasteiger partial charge in [0.25, 0.3) is 0 Å². The molecule has 2 aromatic heterocycles. The van der Waals surface area contributed by atoms with Gasteiger partial charge in [-0.1, -0.05) is 90.5 Å². The zero-order chi connectivity index (χ0) is 23.1. The van der Waals surface area contributed by atoms with E-state index in [1.54, 1.807) is 0 Å². The molecule has 8 aromatic rings. The molecule has 0 atom stereocenters. The SMILES string of the molecule is Clc1ccc2sc3c(-n4c5ccccc5c5c6ccccc6c6ccccc6c54)cccc3c2c1. The van der Waals surface area contributed by atoms with Gasteiger partial charge >= 0.3 is 0 Å². The Hall–Kier alpha value is -3.85. The molecule has 0 bridgehead atoms. The maximum Gasteiger partial charge on any atom is 0.0641 e. The smallest absolute Gasteiger partial charge is 0.0641 e. The molecule has 0 aliphatic carbocycles. The van der Waals surface area contributed by atoms with Crippen LogP contribution in [0.2, 0.25) is 5.02 Å². The zero-order valence-corrected chi connectivity index (χ0v) is 20.2. The van der Waals surface area contributed by atoms with E-state index in [1.165, 1.54) is 69.2 Å². The maximum absolute atomic E-state index is 6.39. The number of benzene rings is 6. The first-order valence-corrected chi connectivity index (χ1v) is 12.9. The van der Waals surface area contributed by atoms with Crippen LogP contribution in [0.3, 0.4) is 0 Å². The van der Waals surface area contributed by atoms with Gasteiger partial charge in [0.05, 0.1) is 21.4 Å². The minimum atomic E-state index is 0.775. The molecule has 35 heavy (non-hydrogen) atoms. The van der Waals surface area contributed by atoms with Crippen LogP contribution in [-0.4, -0.2) is 4.57 Å². The fraction of sp³-hybridized carbons (Fsp3) is 0. The van der Waals surface area contributed by atoms with Gasteiger partial charge in [-0.3, -0.25) is 0 Å². The molecule has 6 aromatic carbocycles. The van der Waals surface area contributed by atoms with E-state index in [-0.39, 0.29) is 0 Å². The van der Waals surface area contributed by atoms with E-state index in [0.29, 0.717) is 0 Å². The third kappa shape index (κ3) is 2.58. The monoisotopic (exact) mass is 483 g/mol. The molecule has 0 spiro atoms. The third-order valence-electron chi connectivity index (χ3n) is 7.22. The molecule has 164 valence electrons. The van der Waals surface area contributed by atoms with Crippen LogP contribution in [0.1, 0.15) is 0 Å². The van der Waals surface area contributed by atoms with Crippen LogP contribution >= 0.6 is 22.9 Å². The average molecular weight is 484 g/mol. The van der Waals surface area contributed by atoms with Crippen LogP contribution in [0.25, 0.3) is 69.2 Å². The number of aromatic nitrogens is 1. The number of hydrogen-bond donors (Lipinski definition) is 0. The van der Waals surface area contributed by atoms with Crippen molar-refractivity contribution in [1.29, 1.82) is 0 Å². The number of rotatable bonds is 1. The summed E-state index contributed by atoms with van der Waals surface area (Å²) in [7, 11) is 0. The Morgan fingerprint density at radius 2 is 1.20 bits per heavy atom. The Morgan fingerprint density at radius 3 is 2.03 bits per heavy atom. The minimum Gasteiger partial charge on any atom is -0.307 e. The van der Waals surface area contributed by atoms with Crippen molar-refractivity contribution in [2.24, 2.45) is 0 Å².